The van der Waals surface area contributed by atoms with Crippen molar-refractivity contribution in [1.82, 2.24) is 15.4 Å². The fourth-order valence-corrected chi connectivity index (χ4v) is 2.70. The van der Waals surface area contributed by atoms with Crippen molar-refractivity contribution in [3.63, 3.8) is 0 Å². The zero-order valence-electron chi connectivity index (χ0n) is 16.6. The molecule has 2 amide bonds. The molecule has 2 N–H and O–H groups in total. The lowest BCUT2D eigenvalue weighted by atomic mass is 9.91. The number of nitrogens with zero attached hydrogens (tertiary/aromatic N) is 2. The molecule has 0 aliphatic rings. The van der Waals surface area contributed by atoms with Crippen LogP contribution in [0.3, 0.4) is 0 Å². The molecule has 0 radical (unpaired) electrons. The first-order valence-electron chi connectivity index (χ1n) is 8.89. The van der Waals surface area contributed by atoms with Crippen molar-refractivity contribution in [2.24, 2.45) is 0 Å². The van der Waals surface area contributed by atoms with Crippen LogP contribution in [-0.2, 0) is 9.63 Å². The molecule has 2 aromatic rings. The Morgan fingerprint density at radius 1 is 1.16 bits per heavy atom. The predicted octanol–water partition coefficient (Wildman–Crippen LogP) is 3.77. The van der Waals surface area contributed by atoms with Gasteiger partial charge in [0.25, 0.3) is 5.91 Å². The molecule has 31 heavy (non-hydrogen) atoms. The lowest BCUT2D eigenvalue weighted by Gasteiger charge is -2.32. The first-order valence-corrected chi connectivity index (χ1v) is 8.89. The van der Waals surface area contributed by atoms with E-state index in [1.54, 1.807) is 5.48 Å². The number of halogens is 5. The lowest BCUT2D eigenvalue weighted by Crippen LogP contribution is -2.52. The van der Waals surface area contributed by atoms with Gasteiger partial charge in [-0.25, -0.2) is 10.5 Å². The number of hydrogen-bond donors (Lipinski definition) is 2. The fourth-order valence-electron chi connectivity index (χ4n) is 2.70. The van der Waals surface area contributed by atoms with Crippen LogP contribution in [0.15, 0.2) is 36.7 Å². The van der Waals surface area contributed by atoms with Crippen LogP contribution in [-0.4, -0.2) is 40.0 Å². The summed E-state index contributed by atoms with van der Waals surface area (Å²) in [6.45, 7) is 3.74. The number of rotatable bonds is 7. The molecule has 0 fully saturated rings. The Labute approximate surface area is 174 Å². The van der Waals surface area contributed by atoms with E-state index in [1.165, 1.54) is 38.2 Å². The first kappa shape index (κ1) is 24.1. The number of amides is 2. The van der Waals surface area contributed by atoms with E-state index in [0.717, 1.165) is 19.2 Å². The summed E-state index contributed by atoms with van der Waals surface area (Å²) < 4.78 is 67.9. The fraction of sp³-hybridized carbons (Fsp3) is 0.368. The average Bonchev–Trinajstić information content (AvgIpc) is 2.66. The monoisotopic (exact) mass is 446 g/mol. The third-order valence-corrected chi connectivity index (χ3v) is 4.20. The van der Waals surface area contributed by atoms with Crippen LogP contribution < -0.4 is 10.8 Å². The van der Waals surface area contributed by atoms with Crippen LogP contribution in [0.1, 0.15) is 41.4 Å². The number of aromatic nitrogens is 2. The summed E-state index contributed by atoms with van der Waals surface area (Å²) in [5, 5.41) is 2.34. The molecule has 0 saturated carbocycles. The van der Waals surface area contributed by atoms with Crippen molar-refractivity contribution in [3.05, 3.63) is 53.5 Å². The maximum absolute atomic E-state index is 14.3. The van der Waals surface area contributed by atoms with Gasteiger partial charge in [0.2, 0.25) is 5.91 Å². The van der Waals surface area contributed by atoms with Gasteiger partial charge in [0.15, 0.2) is 6.10 Å². The standard InChI is InChI=1S/C19H19F5N4O3/c1-10-7-14(8-15(26-10)27-12(3)29)11(2)16(18(20,21)19(22,23)24)31-28-17(30)13-5-4-6-25-9-13/h4-9,11,16H,1-3H3,(H,28,30)(H,26,27,29). The normalized spacial score (nSPS) is 13.9. The van der Waals surface area contributed by atoms with Gasteiger partial charge in [-0.3, -0.25) is 19.4 Å². The van der Waals surface area contributed by atoms with E-state index in [1.807, 2.05) is 0 Å². The summed E-state index contributed by atoms with van der Waals surface area (Å²) in [6, 6.07) is 5.09. The summed E-state index contributed by atoms with van der Waals surface area (Å²) >= 11 is 0. The molecule has 168 valence electrons. The van der Waals surface area contributed by atoms with Crippen LogP contribution in [0, 0.1) is 6.92 Å². The second-order valence-electron chi connectivity index (χ2n) is 6.73. The second kappa shape index (κ2) is 9.33. The SMILES string of the molecule is CC(=O)Nc1cc(C(C)C(ONC(=O)c2cccnc2)C(F)(F)C(F)(F)F)cc(C)n1. The Morgan fingerprint density at radius 2 is 1.84 bits per heavy atom. The van der Waals surface area contributed by atoms with E-state index in [0.29, 0.717) is 0 Å². The van der Waals surface area contributed by atoms with Gasteiger partial charge in [-0.1, -0.05) is 6.92 Å². The quantitative estimate of drug-likeness (QED) is 0.499. The number of hydroxylamine groups is 1. The Morgan fingerprint density at radius 3 is 2.39 bits per heavy atom. The summed E-state index contributed by atoms with van der Waals surface area (Å²) in [5.74, 6) is -8.47. The topological polar surface area (TPSA) is 93.2 Å². The molecule has 0 aromatic carbocycles. The number of alkyl halides is 5. The number of aryl methyl sites for hydroxylation is 1. The minimum Gasteiger partial charge on any atom is -0.311 e. The molecule has 2 rings (SSSR count). The number of hydrogen-bond acceptors (Lipinski definition) is 5. The molecule has 2 unspecified atom stereocenters. The number of anilines is 1. The largest absolute Gasteiger partial charge is 0.456 e. The highest BCUT2D eigenvalue weighted by Crippen LogP contribution is 2.44. The van der Waals surface area contributed by atoms with Gasteiger partial charge in [0, 0.05) is 30.9 Å². The zero-order chi connectivity index (χ0) is 23.4. The molecular weight excluding hydrogens is 427 g/mol. The Bertz CT molecular complexity index is 938. The summed E-state index contributed by atoms with van der Waals surface area (Å²) in [7, 11) is 0. The van der Waals surface area contributed by atoms with Crippen molar-refractivity contribution in [2.45, 2.75) is 44.9 Å². The van der Waals surface area contributed by atoms with E-state index in [4.69, 9.17) is 0 Å². The Balaban J connectivity index is 2.37. The smallest absolute Gasteiger partial charge is 0.311 e. The highest BCUT2D eigenvalue weighted by Gasteiger charge is 2.65. The van der Waals surface area contributed by atoms with Crippen LogP contribution in [0.4, 0.5) is 27.8 Å². The highest BCUT2D eigenvalue weighted by atomic mass is 19.4. The molecule has 2 aromatic heterocycles. The third kappa shape index (κ3) is 5.94. The van der Waals surface area contributed by atoms with E-state index >= 15 is 0 Å². The van der Waals surface area contributed by atoms with Crippen molar-refractivity contribution in [3.8, 4) is 0 Å². The van der Waals surface area contributed by atoms with Crippen LogP contribution in [0.2, 0.25) is 0 Å². The van der Waals surface area contributed by atoms with Crippen LogP contribution in [0.5, 0.6) is 0 Å². The van der Waals surface area contributed by atoms with Crippen molar-refractivity contribution >= 4 is 17.6 Å². The summed E-state index contributed by atoms with van der Waals surface area (Å²) in [6.07, 6.45) is -6.34. The number of carbonyl (C=O) groups excluding carboxylic acids is 2. The molecular formula is C19H19F5N4O3. The summed E-state index contributed by atoms with van der Waals surface area (Å²) in [5.41, 5.74) is 1.80. The number of nitrogens with one attached hydrogen (secondary N) is 2. The minimum atomic E-state index is -5.95. The second-order valence-corrected chi connectivity index (χ2v) is 6.73. The average molecular weight is 446 g/mol. The maximum Gasteiger partial charge on any atom is 0.456 e. The minimum absolute atomic E-state index is 0.0131. The third-order valence-electron chi connectivity index (χ3n) is 4.20. The molecule has 2 atom stereocenters. The summed E-state index contributed by atoms with van der Waals surface area (Å²) in [4.78, 5) is 35.6. The van der Waals surface area contributed by atoms with Gasteiger partial charge in [-0.15, -0.1) is 0 Å². The molecule has 2 heterocycles. The molecule has 0 saturated heterocycles. The molecule has 0 aliphatic carbocycles. The Kier molecular flexibility index (Phi) is 7.26. The molecule has 0 bridgehead atoms. The lowest BCUT2D eigenvalue weighted by molar-refractivity contribution is -0.326. The molecule has 12 heteroatoms. The van der Waals surface area contributed by atoms with E-state index in [9.17, 15) is 31.5 Å². The van der Waals surface area contributed by atoms with Gasteiger partial charge in [0.1, 0.15) is 5.82 Å². The van der Waals surface area contributed by atoms with Gasteiger partial charge in [-0.05, 0) is 36.8 Å². The number of carbonyl (C=O) groups is 2. The highest BCUT2D eigenvalue weighted by molar-refractivity contribution is 5.93. The van der Waals surface area contributed by atoms with E-state index in [2.05, 4.69) is 20.1 Å². The molecule has 0 spiro atoms. The van der Waals surface area contributed by atoms with Crippen molar-refractivity contribution < 1.29 is 36.4 Å². The van der Waals surface area contributed by atoms with Crippen LogP contribution in [0.25, 0.3) is 0 Å². The Hall–Kier alpha value is -3.15. The van der Waals surface area contributed by atoms with Crippen molar-refractivity contribution in [1.29, 1.82) is 0 Å². The van der Waals surface area contributed by atoms with Gasteiger partial charge >= 0.3 is 12.1 Å². The van der Waals surface area contributed by atoms with Crippen molar-refractivity contribution in [2.75, 3.05) is 5.32 Å². The number of pyridine rings is 2. The predicted molar refractivity (Wildman–Crippen MR) is 99.3 cm³/mol. The van der Waals surface area contributed by atoms with Gasteiger partial charge in [-0.2, -0.15) is 22.0 Å². The van der Waals surface area contributed by atoms with Gasteiger partial charge in [0.05, 0.1) is 5.56 Å². The van der Waals surface area contributed by atoms with E-state index in [-0.39, 0.29) is 22.6 Å². The maximum atomic E-state index is 14.3. The van der Waals surface area contributed by atoms with E-state index < -0.39 is 35.9 Å². The zero-order valence-corrected chi connectivity index (χ0v) is 16.6. The molecule has 7 nitrogen and oxygen atoms in total. The van der Waals surface area contributed by atoms with Gasteiger partial charge < -0.3 is 5.32 Å². The molecule has 0 aliphatic heterocycles. The van der Waals surface area contributed by atoms with Crippen LogP contribution >= 0.6 is 0 Å². The first-order chi connectivity index (χ1) is 14.3.